The zero-order valence-electron chi connectivity index (χ0n) is 13.5. The topological polar surface area (TPSA) is 45.9 Å². The van der Waals surface area contributed by atoms with Crippen molar-refractivity contribution in [1.82, 2.24) is 9.80 Å². The van der Waals surface area contributed by atoms with Crippen LogP contribution in [0.5, 0.6) is 0 Å². The van der Waals surface area contributed by atoms with Gasteiger partial charge in [0, 0.05) is 26.2 Å². The first-order valence-corrected chi connectivity index (χ1v) is 7.60. The highest BCUT2D eigenvalue weighted by Crippen LogP contribution is 2.26. The van der Waals surface area contributed by atoms with Gasteiger partial charge in [-0.05, 0) is 38.6 Å². The van der Waals surface area contributed by atoms with Crippen LogP contribution in [0.3, 0.4) is 0 Å². The van der Waals surface area contributed by atoms with Gasteiger partial charge in [-0.2, -0.15) is 0 Å². The maximum absolute atomic E-state index is 12.6. The van der Waals surface area contributed by atoms with Crippen molar-refractivity contribution in [1.29, 1.82) is 0 Å². The molecule has 2 heterocycles. The second-order valence-electron chi connectivity index (χ2n) is 5.99. The van der Waals surface area contributed by atoms with E-state index in [1.165, 1.54) is 0 Å². The predicted octanol–water partition coefficient (Wildman–Crippen LogP) is 2.23. The molecule has 0 spiro atoms. The van der Waals surface area contributed by atoms with Crippen LogP contribution in [-0.2, 0) is 11.3 Å². The van der Waals surface area contributed by atoms with Crippen LogP contribution in [-0.4, -0.2) is 56.0 Å². The van der Waals surface area contributed by atoms with Gasteiger partial charge in [-0.3, -0.25) is 4.79 Å². The SMILES string of the molecule is CCC[C@@H]1CN(C(=O)c2ccc(COC)o2)C[C@H]1N(C)C. The average molecular weight is 294 g/mol. The molecule has 2 atom stereocenters. The Morgan fingerprint density at radius 3 is 2.81 bits per heavy atom. The monoisotopic (exact) mass is 294 g/mol. The normalized spacial score (nSPS) is 22.2. The summed E-state index contributed by atoms with van der Waals surface area (Å²) in [6, 6.07) is 3.98. The van der Waals surface area contributed by atoms with E-state index >= 15 is 0 Å². The van der Waals surface area contributed by atoms with E-state index in [2.05, 4.69) is 25.9 Å². The van der Waals surface area contributed by atoms with Crippen LogP contribution in [0.4, 0.5) is 0 Å². The number of carbonyl (C=O) groups is 1. The molecule has 0 aliphatic carbocycles. The molecule has 1 aliphatic heterocycles. The summed E-state index contributed by atoms with van der Waals surface area (Å²) < 4.78 is 10.6. The number of furan rings is 1. The highest BCUT2D eigenvalue weighted by Gasteiger charge is 2.36. The predicted molar refractivity (Wildman–Crippen MR) is 81.2 cm³/mol. The molecule has 1 aliphatic rings. The van der Waals surface area contributed by atoms with E-state index in [1.54, 1.807) is 19.2 Å². The third-order valence-corrected chi connectivity index (χ3v) is 4.18. The van der Waals surface area contributed by atoms with Crippen LogP contribution in [0.25, 0.3) is 0 Å². The smallest absolute Gasteiger partial charge is 0.289 e. The lowest BCUT2D eigenvalue weighted by atomic mass is 9.98. The molecule has 0 aromatic carbocycles. The summed E-state index contributed by atoms with van der Waals surface area (Å²) in [6.45, 7) is 4.18. The maximum Gasteiger partial charge on any atom is 0.289 e. The fourth-order valence-corrected chi connectivity index (χ4v) is 3.13. The summed E-state index contributed by atoms with van der Waals surface area (Å²) in [5, 5.41) is 0. The van der Waals surface area contributed by atoms with Gasteiger partial charge in [0.15, 0.2) is 5.76 Å². The van der Waals surface area contributed by atoms with Crippen molar-refractivity contribution < 1.29 is 13.9 Å². The Morgan fingerprint density at radius 2 is 2.19 bits per heavy atom. The van der Waals surface area contributed by atoms with Gasteiger partial charge in [0.05, 0.1) is 0 Å². The molecule has 21 heavy (non-hydrogen) atoms. The highest BCUT2D eigenvalue weighted by molar-refractivity contribution is 5.91. The van der Waals surface area contributed by atoms with Crippen LogP contribution in [0, 0.1) is 5.92 Å². The summed E-state index contributed by atoms with van der Waals surface area (Å²) >= 11 is 0. The minimum atomic E-state index is -0.0113. The van der Waals surface area contributed by atoms with Crippen LogP contribution in [0.15, 0.2) is 16.5 Å². The fourth-order valence-electron chi connectivity index (χ4n) is 3.13. The fraction of sp³-hybridized carbons (Fsp3) is 0.688. The summed E-state index contributed by atoms with van der Waals surface area (Å²) in [6.07, 6.45) is 2.30. The molecule has 1 aromatic rings. The Hall–Kier alpha value is -1.33. The molecular formula is C16H26N2O3. The molecule has 0 saturated carbocycles. The van der Waals surface area contributed by atoms with Crippen molar-refractivity contribution in [3.63, 3.8) is 0 Å². The quantitative estimate of drug-likeness (QED) is 0.807. The molecule has 1 amide bonds. The van der Waals surface area contributed by atoms with Gasteiger partial charge < -0.3 is 19.0 Å². The number of methoxy groups -OCH3 is 1. The lowest BCUT2D eigenvalue weighted by molar-refractivity contribution is 0.0741. The van der Waals surface area contributed by atoms with Gasteiger partial charge in [-0.15, -0.1) is 0 Å². The molecular weight excluding hydrogens is 268 g/mol. The van der Waals surface area contributed by atoms with E-state index in [4.69, 9.17) is 9.15 Å². The second kappa shape index (κ2) is 7.09. The lowest BCUT2D eigenvalue weighted by Crippen LogP contribution is -2.36. The largest absolute Gasteiger partial charge is 0.453 e. The first-order chi connectivity index (χ1) is 10.1. The van der Waals surface area contributed by atoms with E-state index in [9.17, 15) is 4.79 Å². The number of amides is 1. The average Bonchev–Trinajstić information content (AvgIpc) is 3.06. The zero-order chi connectivity index (χ0) is 15.4. The molecule has 1 saturated heterocycles. The molecule has 1 aromatic heterocycles. The van der Waals surface area contributed by atoms with Gasteiger partial charge in [-0.25, -0.2) is 0 Å². The maximum atomic E-state index is 12.6. The van der Waals surface area contributed by atoms with Crippen LogP contribution >= 0.6 is 0 Å². The van der Waals surface area contributed by atoms with Crippen molar-refractivity contribution in [2.45, 2.75) is 32.4 Å². The second-order valence-corrected chi connectivity index (χ2v) is 5.99. The number of ether oxygens (including phenoxy) is 1. The molecule has 0 N–H and O–H groups in total. The lowest BCUT2D eigenvalue weighted by Gasteiger charge is -2.24. The van der Waals surface area contributed by atoms with Crippen LogP contribution in [0.1, 0.15) is 36.1 Å². The molecule has 1 fully saturated rings. The molecule has 0 bridgehead atoms. The van der Waals surface area contributed by atoms with Gasteiger partial charge in [-0.1, -0.05) is 13.3 Å². The number of rotatable bonds is 6. The molecule has 5 nitrogen and oxygen atoms in total. The van der Waals surface area contributed by atoms with E-state index < -0.39 is 0 Å². The van der Waals surface area contributed by atoms with Crippen molar-refractivity contribution in [3.05, 3.63) is 23.7 Å². The Bertz CT molecular complexity index is 470. The van der Waals surface area contributed by atoms with Gasteiger partial charge in [0.25, 0.3) is 5.91 Å². The number of carbonyl (C=O) groups excluding carboxylic acids is 1. The molecule has 2 rings (SSSR count). The standard InChI is InChI=1S/C16H26N2O3/c1-5-6-12-9-18(10-14(12)17(2)3)16(19)15-8-7-13(21-15)11-20-4/h7-8,12,14H,5-6,9-11H2,1-4H3/t12-,14-/m1/s1. The minimum Gasteiger partial charge on any atom is -0.453 e. The number of hydrogen-bond acceptors (Lipinski definition) is 4. The van der Waals surface area contributed by atoms with Crippen molar-refractivity contribution in [3.8, 4) is 0 Å². The summed E-state index contributed by atoms with van der Waals surface area (Å²) in [5.41, 5.74) is 0. The summed E-state index contributed by atoms with van der Waals surface area (Å²) in [4.78, 5) is 16.7. The molecule has 0 radical (unpaired) electrons. The van der Waals surface area contributed by atoms with E-state index in [0.717, 1.165) is 25.9 Å². The minimum absolute atomic E-state index is 0.0113. The summed E-state index contributed by atoms with van der Waals surface area (Å²) in [7, 11) is 5.79. The Morgan fingerprint density at radius 1 is 1.43 bits per heavy atom. The first kappa shape index (κ1) is 16.0. The van der Waals surface area contributed by atoms with E-state index in [1.807, 2.05) is 4.90 Å². The van der Waals surface area contributed by atoms with Crippen LogP contribution in [0.2, 0.25) is 0 Å². The number of nitrogens with zero attached hydrogens (tertiary/aromatic N) is 2. The third kappa shape index (κ3) is 3.66. The van der Waals surface area contributed by atoms with Gasteiger partial charge in [0.1, 0.15) is 12.4 Å². The van der Waals surface area contributed by atoms with Gasteiger partial charge in [0.2, 0.25) is 0 Å². The molecule has 5 heteroatoms. The zero-order valence-corrected chi connectivity index (χ0v) is 13.5. The van der Waals surface area contributed by atoms with E-state index in [0.29, 0.717) is 30.1 Å². The Balaban J connectivity index is 2.05. The van der Waals surface area contributed by atoms with E-state index in [-0.39, 0.29) is 5.91 Å². The Kier molecular flexibility index (Phi) is 5.42. The molecule has 118 valence electrons. The Labute approximate surface area is 126 Å². The third-order valence-electron chi connectivity index (χ3n) is 4.18. The number of hydrogen-bond donors (Lipinski definition) is 0. The van der Waals surface area contributed by atoms with Crippen molar-refractivity contribution >= 4 is 5.91 Å². The van der Waals surface area contributed by atoms with Crippen molar-refractivity contribution in [2.24, 2.45) is 5.92 Å². The first-order valence-electron chi connectivity index (χ1n) is 7.60. The van der Waals surface area contributed by atoms with Crippen LogP contribution < -0.4 is 0 Å². The van der Waals surface area contributed by atoms with Gasteiger partial charge >= 0.3 is 0 Å². The molecule has 0 unspecified atom stereocenters. The number of likely N-dealkylation sites (N-methyl/N-ethyl adjacent to an activating group) is 1. The van der Waals surface area contributed by atoms with Crippen molar-refractivity contribution in [2.75, 3.05) is 34.3 Å². The highest BCUT2D eigenvalue weighted by atomic mass is 16.5. The number of likely N-dealkylation sites (tertiary alicyclic amines) is 1. The summed E-state index contributed by atoms with van der Waals surface area (Å²) in [5.74, 6) is 1.64.